The minimum absolute atomic E-state index is 0. The fourth-order valence-corrected chi connectivity index (χ4v) is 2.97. The number of rotatable bonds is 7. The number of benzene rings is 1. The molecule has 2 amide bonds. The molecule has 0 bridgehead atoms. The lowest BCUT2D eigenvalue weighted by Gasteiger charge is -2.21. The van der Waals surface area contributed by atoms with E-state index in [1.54, 1.807) is 25.3 Å². The number of nitrogens with two attached hydrogens (primary N) is 1. The van der Waals surface area contributed by atoms with Gasteiger partial charge in [0.05, 0.1) is 19.4 Å². The molecule has 0 heterocycles. The maximum absolute atomic E-state index is 12.5. The molecule has 7 nitrogen and oxygen atoms in total. The molecular weight excluding hydrogens is 358 g/mol. The number of methoxy groups -OCH3 is 2. The lowest BCUT2D eigenvalue weighted by Crippen LogP contribution is -2.39. The van der Waals surface area contributed by atoms with Gasteiger partial charge < -0.3 is 25.8 Å². The van der Waals surface area contributed by atoms with Gasteiger partial charge in [0.2, 0.25) is 11.8 Å². The molecule has 146 valence electrons. The van der Waals surface area contributed by atoms with E-state index < -0.39 is 6.04 Å². The molecule has 1 unspecified atom stereocenters. The van der Waals surface area contributed by atoms with Crippen LogP contribution in [0.5, 0.6) is 5.75 Å². The van der Waals surface area contributed by atoms with Crippen LogP contribution in [0.1, 0.15) is 32.1 Å². The van der Waals surface area contributed by atoms with Gasteiger partial charge in [-0.3, -0.25) is 9.59 Å². The number of hydrogen-bond acceptors (Lipinski definition) is 5. The summed E-state index contributed by atoms with van der Waals surface area (Å²) in [6, 6.07) is 4.32. The Labute approximate surface area is 160 Å². The molecule has 1 aromatic carbocycles. The van der Waals surface area contributed by atoms with Gasteiger partial charge in [0.25, 0.3) is 0 Å². The Morgan fingerprint density at radius 3 is 2.50 bits per heavy atom. The van der Waals surface area contributed by atoms with Crippen LogP contribution in [0, 0.1) is 5.92 Å². The Bertz CT molecular complexity index is 606. The highest BCUT2D eigenvalue weighted by Gasteiger charge is 2.22. The summed E-state index contributed by atoms with van der Waals surface area (Å²) in [6.45, 7) is 0.132. The topological polar surface area (TPSA) is 103 Å². The van der Waals surface area contributed by atoms with Crippen molar-refractivity contribution in [2.75, 3.05) is 31.5 Å². The summed E-state index contributed by atoms with van der Waals surface area (Å²) in [5.41, 5.74) is 6.79. The molecule has 0 aliphatic heterocycles. The van der Waals surface area contributed by atoms with Crippen molar-refractivity contribution in [1.82, 2.24) is 0 Å². The molecule has 4 N–H and O–H groups in total. The third-order valence-corrected chi connectivity index (χ3v) is 4.38. The molecule has 0 spiro atoms. The van der Waals surface area contributed by atoms with Gasteiger partial charge in [-0.15, -0.1) is 12.4 Å². The molecule has 0 aromatic heterocycles. The van der Waals surface area contributed by atoms with E-state index in [9.17, 15) is 9.59 Å². The van der Waals surface area contributed by atoms with Gasteiger partial charge in [-0.25, -0.2) is 0 Å². The second-order valence-electron chi connectivity index (χ2n) is 6.29. The van der Waals surface area contributed by atoms with E-state index >= 15 is 0 Å². The van der Waals surface area contributed by atoms with Crippen molar-refractivity contribution in [2.24, 2.45) is 11.7 Å². The van der Waals surface area contributed by atoms with Crippen molar-refractivity contribution in [3.63, 3.8) is 0 Å². The molecule has 1 aromatic rings. The van der Waals surface area contributed by atoms with Crippen LogP contribution in [0.2, 0.25) is 0 Å². The summed E-state index contributed by atoms with van der Waals surface area (Å²) in [4.78, 5) is 24.5. The highest BCUT2D eigenvalue weighted by atomic mass is 35.5. The summed E-state index contributed by atoms with van der Waals surface area (Å²) in [6.07, 6.45) is 5.19. The maximum Gasteiger partial charge on any atom is 0.243 e. The van der Waals surface area contributed by atoms with Gasteiger partial charge in [-0.1, -0.05) is 19.3 Å². The standard InChI is InChI=1S/C18H27N3O4.ClH/c1-24-11-14(19)18(23)20-13-8-9-16(25-2)15(10-13)21-17(22)12-6-4-3-5-7-12;/h8-10,12,14H,3-7,11,19H2,1-2H3,(H,20,23)(H,21,22);1H. The second kappa shape index (κ2) is 11.0. The van der Waals surface area contributed by atoms with E-state index in [0.29, 0.717) is 17.1 Å². The van der Waals surface area contributed by atoms with E-state index in [0.717, 1.165) is 25.7 Å². The highest BCUT2D eigenvalue weighted by molar-refractivity contribution is 5.98. The number of halogens is 1. The predicted molar refractivity (Wildman–Crippen MR) is 104 cm³/mol. The quantitative estimate of drug-likeness (QED) is 0.669. The zero-order valence-electron chi connectivity index (χ0n) is 15.2. The van der Waals surface area contributed by atoms with Crippen LogP contribution in [0.15, 0.2) is 18.2 Å². The summed E-state index contributed by atoms with van der Waals surface area (Å²) < 4.78 is 10.2. The van der Waals surface area contributed by atoms with E-state index in [1.165, 1.54) is 13.5 Å². The van der Waals surface area contributed by atoms with Gasteiger partial charge in [0, 0.05) is 18.7 Å². The van der Waals surface area contributed by atoms with Gasteiger partial charge in [0.15, 0.2) is 0 Å². The van der Waals surface area contributed by atoms with Crippen LogP contribution >= 0.6 is 12.4 Å². The van der Waals surface area contributed by atoms with E-state index in [2.05, 4.69) is 10.6 Å². The minimum Gasteiger partial charge on any atom is -0.495 e. The van der Waals surface area contributed by atoms with Crippen LogP contribution in [0.4, 0.5) is 11.4 Å². The van der Waals surface area contributed by atoms with Crippen molar-refractivity contribution < 1.29 is 19.1 Å². The smallest absolute Gasteiger partial charge is 0.243 e. The molecule has 8 heteroatoms. The number of carbonyl (C=O) groups excluding carboxylic acids is 2. The van der Waals surface area contributed by atoms with Gasteiger partial charge in [0.1, 0.15) is 11.8 Å². The van der Waals surface area contributed by atoms with Crippen LogP contribution in [0.25, 0.3) is 0 Å². The molecule has 0 radical (unpaired) electrons. The number of anilines is 2. The predicted octanol–water partition coefficient (Wildman–Crippen LogP) is 2.55. The SMILES string of the molecule is COCC(N)C(=O)Nc1ccc(OC)c(NC(=O)C2CCCCC2)c1.Cl. The maximum atomic E-state index is 12.5. The number of ether oxygens (including phenoxy) is 2. The molecule has 2 rings (SSSR count). The molecule has 0 saturated heterocycles. The molecule has 26 heavy (non-hydrogen) atoms. The lowest BCUT2D eigenvalue weighted by molar-refractivity contribution is -0.121. The number of hydrogen-bond donors (Lipinski definition) is 3. The molecule has 1 fully saturated rings. The third kappa shape index (κ3) is 6.16. The number of amides is 2. The first-order valence-corrected chi connectivity index (χ1v) is 8.59. The molecule has 1 atom stereocenters. The van der Waals surface area contributed by atoms with Crippen LogP contribution in [0.3, 0.4) is 0 Å². The highest BCUT2D eigenvalue weighted by Crippen LogP contribution is 2.30. The first kappa shape index (κ1) is 22.2. The molecule has 1 aliphatic rings. The Balaban J connectivity index is 0.00000338. The summed E-state index contributed by atoms with van der Waals surface area (Å²) in [5.74, 6) is 0.226. The largest absolute Gasteiger partial charge is 0.495 e. The second-order valence-corrected chi connectivity index (χ2v) is 6.29. The van der Waals surface area contributed by atoms with Crippen molar-refractivity contribution in [3.05, 3.63) is 18.2 Å². The van der Waals surface area contributed by atoms with E-state index in [-0.39, 0.29) is 36.7 Å². The molecular formula is C18H28ClN3O4. The Morgan fingerprint density at radius 1 is 1.19 bits per heavy atom. The van der Waals surface area contributed by atoms with Crippen LogP contribution < -0.4 is 21.1 Å². The van der Waals surface area contributed by atoms with E-state index in [4.69, 9.17) is 15.2 Å². The van der Waals surface area contributed by atoms with Gasteiger partial charge in [-0.05, 0) is 31.0 Å². The molecule has 1 aliphatic carbocycles. The van der Waals surface area contributed by atoms with Gasteiger partial charge in [-0.2, -0.15) is 0 Å². The van der Waals surface area contributed by atoms with E-state index in [1.807, 2.05) is 0 Å². The van der Waals surface area contributed by atoms with Crippen molar-refractivity contribution in [2.45, 2.75) is 38.1 Å². The summed E-state index contributed by atoms with van der Waals surface area (Å²) >= 11 is 0. The van der Waals surface area contributed by atoms with Crippen LogP contribution in [-0.4, -0.2) is 38.7 Å². The first-order valence-electron chi connectivity index (χ1n) is 8.59. The summed E-state index contributed by atoms with van der Waals surface area (Å²) in [5, 5.41) is 5.65. The average molecular weight is 386 g/mol. The monoisotopic (exact) mass is 385 g/mol. The molecule has 1 saturated carbocycles. The number of nitrogens with one attached hydrogen (secondary N) is 2. The summed E-state index contributed by atoms with van der Waals surface area (Å²) in [7, 11) is 3.03. The fourth-order valence-electron chi connectivity index (χ4n) is 2.97. The minimum atomic E-state index is -0.757. The fraction of sp³-hybridized carbons (Fsp3) is 0.556. The Kier molecular flexibility index (Phi) is 9.40. The van der Waals surface area contributed by atoms with Crippen molar-refractivity contribution in [1.29, 1.82) is 0 Å². The van der Waals surface area contributed by atoms with Gasteiger partial charge >= 0.3 is 0 Å². The Morgan fingerprint density at radius 2 is 1.88 bits per heavy atom. The normalized spacial score (nSPS) is 15.5. The zero-order chi connectivity index (χ0) is 18.2. The Hall–Kier alpha value is -1.83. The lowest BCUT2D eigenvalue weighted by atomic mass is 9.88. The van der Waals surface area contributed by atoms with Crippen molar-refractivity contribution in [3.8, 4) is 5.75 Å². The number of carbonyl (C=O) groups is 2. The van der Waals surface area contributed by atoms with Crippen molar-refractivity contribution >= 4 is 35.6 Å². The first-order chi connectivity index (χ1) is 12.0. The average Bonchev–Trinajstić information content (AvgIpc) is 2.63. The zero-order valence-corrected chi connectivity index (χ0v) is 16.1. The third-order valence-electron chi connectivity index (χ3n) is 4.38. The van der Waals surface area contributed by atoms with Crippen LogP contribution in [-0.2, 0) is 14.3 Å².